The number of carbonyl (C=O) groups excluding carboxylic acids is 3. The molecule has 0 spiro atoms. The zero-order chi connectivity index (χ0) is 33.8. The number of nitrogens with one attached hydrogen (secondary N) is 2. The van der Waals surface area contributed by atoms with Crippen LogP contribution in [0.3, 0.4) is 0 Å². The number of hydrogen-bond donors (Lipinski definition) is 2. The van der Waals surface area contributed by atoms with Gasteiger partial charge in [0, 0.05) is 5.56 Å². The second-order valence-corrected chi connectivity index (χ2v) is 11.0. The number of ether oxygens (including phenoxy) is 1. The Labute approximate surface area is 260 Å². The zero-order valence-electron chi connectivity index (χ0n) is 25.4. The Morgan fingerprint density at radius 2 is 1.67 bits per heavy atom. The molecule has 2 amide bonds. The highest BCUT2D eigenvalue weighted by Gasteiger charge is 2.38. The van der Waals surface area contributed by atoms with E-state index in [0.29, 0.717) is 5.56 Å². The summed E-state index contributed by atoms with van der Waals surface area (Å²) in [5, 5.41) is 12.5. The van der Waals surface area contributed by atoms with Gasteiger partial charge >= 0.3 is 12.3 Å². The predicted molar refractivity (Wildman–Crippen MR) is 157 cm³/mol. The zero-order valence-corrected chi connectivity index (χ0v) is 25.4. The monoisotopic (exact) mass is 641 g/mol. The highest BCUT2D eigenvalue weighted by atomic mass is 19.4. The van der Waals surface area contributed by atoms with E-state index in [-0.39, 0.29) is 23.1 Å². The molecule has 0 fully saturated rings. The van der Waals surface area contributed by atoms with Crippen LogP contribution in [0.2, 0.25) is 0 Å². The van der Waals surface area contributed by atoms with Crippen LogP contribution in [0.4, 0.5) is 23.7 Å². The third kappa shape index (κ3) is 7.27. The number of alkyl halides is 3. The van der Waals surface area contributed by atoms with Crippen molar-refractivity contribution >= 4 is 23.5 Å². The number of benzene rings is 1. The van der Waals surface area contributed by atoms with E-state index in [9.17, 15) is 32.3 Å². The molecule has 4 rings (SSSR count). The molecule has 13 nitrogen and oxygen atoms in total. The third-order valence-electron chi connectivity index (χ3n) is 6.92. The van der Waals surface area contributed by atoms with Gasteiger partial charge in [0.2, 0.25) is 17.6 Å². The van der Waals surface area contributed by atoms with Crippen LogP contribution in [0.15, 0.2) is 63.9 Å². The summed E-state index contributed by atoms with van der Waals surface area (Å²) in [4.78, 5) is 59.8. The number of methoxy groups -OCH3 is 1. The Balaban J connectivity index is 1.60. The summed E-state index contributed by atoms with van der Waals surface area (Å²) >= 11 is 0. The van der Waals surface area contributed by atoms with Gasteiger partial charge in [-0.05, 0) is 31.9 Å². The van der Waals surface area contributed by atoms with Gasteiger partial charge in [-0.25, -0.2) is 14.8 Å². The van der Waals surface area contributed by atoms with Gasteiger partial charge in [0.1, 0.15) is 23.8 Å². The minimum Gasteiger partial charge on any atom is -0.453 e. The highest BCUT2D eigenvalue weighted by Crippen LogP contribution is 2.33. The van der Waals surface area contributed by atoms with Crippen molar-refractivity contribution in [2.75, 3.05) is 12.4 Å². The molecule has 2 N–H and O–H groups in total. The Morgan fingerprint density at radius 3 is 2.30 bits per heavy atom. The number of hydrogen-bond acceptors (Lipinski definition) is 10. The number of halogens is 3. The number of amides is 2. The fourth-order valence-electron chi connectivity index (χ4n) is 4.36. The van der Waals surface area contributed by atoms with Gasteiger partial charge in [0.25, 0.3) is 11.4 Å². The van der Waals surface area contributed by atoms with Crippen LogP contribution in [-0.2, 0) is 27.7 Å². The van der Waals surface area contributed by atoms with Crippen molar-refractivity contribution in [2.24, 2.45) is 5.92 Å². The first-order chi connectivity index (χ1) is 21.6. The molecule has 0 bridgehead atoms. The fourth-order valence-corrected chi connectivity index (χ4v) is 4.36. The standard InChI is InChI=1S/C30H30F3N7O6/c1-16(2)22(23(42)25-38-39-27(46-25)29(3,4)19-12-9-13-20(36-19)30(31,32)33)37-21(41)15-40-24(17-10-7-6-8-11-17)34-14-18(26(40)43)35-28(44)45-5/h6-14,16,22H,15H2,1-5H3,(H,35,44)(H,37,41). The third-order valence-corrected chi connectivity index (χ3v) is 6.92. The van der Waals surface area contributed by atoms with E-state index in [0.717, 1.165) is 23.9 Å². The molecule has 0 aliphatic heterocycles. The lowest BCUT2D eigenvalue weighted by Gasteiger charge is -2.21. The lowest BCUT2D eigenvalue weighted by atomic mass is 9.88. The lowest BCUT2D eigenvalue weighted by Crippen LogP contribution is -2.46. The van der Waals surface area contributed by atoms with Crippen LogP contribution < -0.4 is 16.2 Å². The van der Waals surface area contributed by atoms with Crippen molar-refractivity contribution in [3.05, 3.63) is 88.3 Å². The number of nitrogens with zero attached hydrogens (tertiary/aromatic N) is 5. The lowest BCUT2D eigenvalue weighted by molar-refractivity contribution is -0.141. The van der Waals surface area contributed by atoms with E-state index >= 15 is 0 Å². The molecule has 242 valence electrons. The van der Waals surface area contributed by atoms with E-state index in [2.05, 4.69) is 35.5 Å². The first kappa shape index (κ1) is 33.5. The normalized spacial score (nSPS) is 12.5. The van der Waals surface area contributed by atoms with Crippen molar-refractivity contribution < 1.29 is 36.7 Å². The van der Waals surface area contributed by atoms with Gasteiger partial charge in [0.05, 0.1) is 30.5 Å². The summed E-state index contributed by atoms with van der Waals surface area (Å²) in [6, 6.07) is 10.7. The van der Waals surface area contributed by atoms with Crippen molar-refractivity contribution in [1.82, 2.24) is 30.0 Å². The van der Waals surface area contributed by atoms with Crippen LogP contribution in [0.5, 0.6) is 0 Å². The molecule has 0 aliphatic rings. The fraction of sp³-hybridized carbons (Fsp3) is 0.333. The second-order valence-electron chi connectivity index (χ2n) is 11.0. The van der Waals surface area contributed by atoms with Crippen LogP contribution in [0.1, 0.15) is 55.7 Å². The largest absolute Gasteiger partial charge is 0.453 e. The Kier molecular flexibility index (Phi) is 9.68. The number of aromatic nitrogens is 5. The predicted octanol–water partition coefficient (Wildman–Crippen LogP) is 4.24. The molecule has 0 saturated heterocycles. The smallest absolute Gasteiger partial charge is 0.433 e. The molecule has 1 unspecified atom stereocenters. The summed E-state index contributed by atoms with van der Waals surface area (Å²) in [5.41, 5.74) is -2.93. The Bertz CT molecular complexity index is 1800. The van der Waals surface area contributed by atoms with Gasteiger partial charge in [-0.1, -0.05) is 50.2 Å². The van der Waals surface area contributed by atoms with Gasteiger partial charge in [-0.2, -0.15) is 13.2 Å². The van der Waals surface area contributed by atoms with Crippen LogP contribution in [-0.4, -0.2) is 55.7 Å². The summed E-state index contributed by atoms with van der Waals surface area (Å²) in [6.07, 6.45) is -4.45. The maximum absolute atomic E-state index is 13.5. The number of Topliss-reactive ketones (excluding diaryl/α,β-unsaturated/α-hetero) is 1. The molecule has 1 aromatic carbocycles. The van der Waals surface area contributed by atoms with E-state index in [1.165, 1.54) is 26.0 Å². The number of pyridine rings is 1. The van der Waals surface area contributed by atoms with Crippen LogP contribution in [0.25, 0.3) is 11.4 Å². The molecule has 0 saturated carbocycles. The minimum absolute atomic E-state index is 0.0177. The Hall–Kier alpha value is -5.41. The van der Waals surface area contributed by atoms with Crippen molar-refractivity contribution in [1.29, 1.82) is 0 Å². The van der Waals surface area contributed by atoms with Gasteiger partial charge in [0.15, 0.2) is 0 Å². The SMILES string of the molecule is COC(=O)Nc1cnc(-c2ccccc2)n(CC(=O)NC(C(=O)c2nnc(C(C)(C)c3cccc(C(F)(F)F)n3)o2)C(C)C)c1=O. The van der Waals surface area contributed by atoms with Gasteiger partial charge < -0.3 is 14.5 Å². The maximum Gasteiger partial charge on any atom is 0.433 e. The molecular weight excluding hydrogens is 611 g/mol. The molecular formula is C30H30F3N7O6. The average molecular weight is 642 g/mol. The van der Waals surface area contributed by atoms with Gasteiger partial charge in [-0.3, -0.25) is 24.3 Å². The van der Waals surface area contributed by atoms with E-state index in [4.69, 9.17) is 4.42 Å². The molecule has 0 radical (unpaired) electrons. The molecule has 3 aromatic heterocycles. The summed E-state index contributed by atoms with van der Waals surface area (Å²) < 4.78 is 51.0. The van der Waals surface area contributed by atoms with E-state index in [1.807, 2.05) is 0 Å². The minimum atomic E-state index is -4.67. The highest BCUT2D eigenvalue weighted by molar-refractivity contribution is 5.98. The molecule has 4 aromatic rings. The number of rotatable bonds is 10. The van der Waals surface area contributed by atoms with Crippen LogP contribution >= 0.6 is 0 Å². The van der Waals surface area contributed by atoms with E-state index < -0.39 is 65.0 Å². The van der Waals surface area contributed by atoms with Crippen molar-refractivity contribution in [3.8, 4) is 11.4 Å². The van der Waals surface area contributed by atoms with Crippen molar-refractivity contribution in [2.45, 2.75) is 51.9 Å². The molecule has 46 heavy (non-hydrogen) atoms. The first-order valence-electron chi connectivity index (χ1n) is 13.9. The molecule has 0 aliphatic carbocycles. The number of carbonyl (C=O) groups is 3. The molecule has 1 atom stereocenters. The number of ketones is 1. The topological polar surface area (TPSA) is 171 Å². The van der Waals surface area contributed by atoms with Crippen molar-refractivity contribution in [3.63, 3.8) is 0 Å². The number of anilines is 1. The van der Waals surface area contributed by atoms with Gasteiger partial charge in [-0.15, -0.1) is 10.2 Å². The van der Waals surface area contributed by atoms with E-state index in [1.54, 1.807) is 44.2 Å². The Morgan fingerprint density at radius 1 is 1.00 bits per heavy atom. The quantitative estimate of drug-likeness (QED) is 0.239. The first-order valence-corrected chi connectivity index (χ1v) is 13.9. The van der Waals surface area contributed by atoms with Crippen LogP contribution in [0, 0.1) is 5.92 Å². The molecule has 16 heteroatoms. The summed E-state index contributed by atoms with van der Waals surface area (Å²) in [5.74, 6) is -2.55. The molecule has 3 heterocycles. The maximum atomic E-state index is 13.5. The summed E-state index contributed by atoms with van der Waals surface area (Å²) in [7, 11) is 1.12. The second kappa shape index (κ2) is 13.3. The summed E-state index contributed by atoms with van der Waals surface area (Å²) in [6.45, 7) is 5.74. The average Bonchev–Trinajstić information content (AvgIpc) is 3.53.